The molecule has 1 aromatic carbocycles. The van der Waals surface area contributed by atoms with Crippen LogP contribution in [0.3, 0.4) is 0 Å². The number of hydrogen-bond donors (Lipinski definition) is 1. The molecule has 1 fully saturated rings. The number of aromatic amines is 1. The fraction of sp³-hybridized carbons (Fsp3) is 0.360. The lowest BCUT2D eigenvalue weighted by molar-refractivity contribution is 0.216. The summed E-state index contributed by atoms with van der Waals surface area (Å²) in [5, 5.41) is 9.11. The second-order valence-corrected chi connectivity index (χ2v) is 12.9. The van der Waals surface area contributed by atoms with Gasteiger partial charge in [0, 0.05) is 72.1 Å². The monoisotopic (exact) mass is 576 g/mol. The highest BCUT2D eigenvalue weighted by Crippen LogP contribution is 2.40. The van der Waals surface area contributed by atoms with Gasteiger partial charge in [-0.05, 0) is 13.0 Å². The number of nitrogens with zero attached hydrogens (tertiary/aromatic N) is 5. The Bertz CT molecular complexity index is 1580. The largest absolute Gasteiger partial charge is 0.493 e. The molecule has 1 atom stereocenters. The van der Waals surface area contributed by atoms with E-state index in [2.05, 4.69) is 25.1 Å². The maximum Gasteiger partial charge on any atom is 0.225 e. The fourth-order valence-electron chi connectivity index (χ4n) is 4.90. The van der Waals surface area contributed by atoms with Gasteiger partial charge in [0.15, 0.2) is 11.5 Å². The van der Waals surface area contributed by atoms with Gasteiger partial charge in [-0.3, -0.25) is 10.1 Å². The second kappa shape index (κ2) is 9.87. The topological polar surface area (TPSA) is 123 Å². The second-order valence-electron chi connectivity index (χ2n) is 9.91. The first-order chi connectivity index (χ1) is 18.0. The molecule has 0 radical (unpaired) electrons. The molecule has 1 N–H and O–H groups in total. The molecule has 1 aliphatic heterocycles. The summed E-state index contributed by atoms with van der Waals surface area (Å²) in [5.74, 6) is 1.69. The molecule has 13 heteroatoms. The van der Waals surface area contributed by atoms with Gasteiger partial charge in [-0.1, -0.05) is 30.1 Å². The molecule has 5 rings (SSSR count). The number of anilines is 1. The van der Waals surface area contributed by atoms with Crippen molar-refractivity contribution in [3.63, 3.8) is 0 Å². The first-order valence-electron chi connectivity index (χ1n) is 11.7. The van der Waals surface area contributed by atoms with E-state index < -0.39 is 15.9 Å². The van der Waals surface area contributed by atoms with Crippen LogP contribution in [0.2, 0.25) is 10.0 Å². The molecule has 3 aromatic heterocycles. The molecule has 0 unspecified atom stereocenters. The van der Waals surface area contributed by atoms with Gasteiger partial charge < -0.3 is 14.4 Å². The number of benzene rings is 1. The Morgan fingerprint density at radius 3 is 2.37 bits per heavy atom. The lowest BCUT2D eigenvalue weighted by atomic mass is 9.84. The minimum Gasteiger partial charge on any atom is -0.493 e. The van der Waals surface area contributed by atoms with Gasteiger partial charge in [0.25, 0.3) is 0 Å². The van der Waals surface area contributed by atoms with Crippen molar-refractivity contribution in [1.29, 1.82) is 0 Å². The van der Waals surface area contributed by atoms with Gasteiger partial charge in [0.2, 0.25) is 5.95 Å². The molecule has 0 amide bonds. The van der Waals surface area contributed by atoms with Crippen molar-refractivity contribution in [2.75, 3.05) is 37.1 Å². The summed E-state index contributed by atoms with van der Waals surface area (Å²) in [5.41, 5.74) is 2.44. The van der Waals surface area contributed by atoms with Crippen LogP contribution in [0, 0.1) is 5.41 Å². The predicted molar refractivity (Wildman–Crippen MR) is 147 cm³/mol. The van der Waals surface area contributed by atoms with Crippen LogP contribution in [0.5, 0.6) is 11.5 Å². The van der Waals surface area contributed by atoms with E-state index in [1.54, 1.807) is 19.5 Å². The number of aromatic nitrogens is 5. The van der Waals surface area contributed by atoms with Gasteiger partial charge in [-0.15, -0.1) is 0 Å². The Hall–Kier alpha value is -3.15. The van der Waals surface area contributed by atoms with Crippen molar-refractivity contribution in [2.24, 2.45) is 5.41 Å². The zero-order chi connectivity index (χ0) is 27.2. The molecule has 0 aliphatic carbocycles. The quantitative estimate of drug-likeness (QED) is 0.316. The SMILES string of the molecule is COc1cc2[nH]nc(-c3cnc(N4CC(C)(CS(C)(=O)=O)C4)nc3)c2cc1O[C@H](C)c1c(Cl)cncc1Cl. The molecule has 0 bridgehead atoms. The first kappa shape index (κ1) is 26.5. The van der Waals surface area contributed by atoms with Crippen molar-refractivity contribution < 1.29 is 17.9 Å². The maximum atomic E-state index is 11.7. The standard InChI is InChI=1S/C25H26Cl2N6O4S/c1-14(22-17(26)9-28-10-18(22)27)37-21-5-16-19(6-20(21)36-3)31-32-23(16)15-7-29-24(30-8-15)33-11-25(2,12-33)13-38(4,34)35/h5-10,14H,11-13H2,1-4H3,(H,31,32)/t14-/m1/s1. The summed E-state index contributed by atoms with van der Waals surface area (Å²) in [6.45, 7) is 4.96. The molecular formula is C25H26Cl2N6O4S. The third-order valence-electron chi connectivity index (χ3n) is 6.40. The fourth-order valence-corrected chi connectivity index (χ4v) is 7.02. The molecule has 200 valence electrons. The molecule has 4 heterocycles. The van der Waals surface area contributed by atoms with Crippen LogP contribution in [0.4, 0.5) is 5.95 Å². The van der Waals surface area contributed by atoms with E-state index in [0.717, 1.165) is 10.9 Å². The van der Waals surface area contributed by atoms with Crippen LogP contribution in [0.15, 0.2) is 36.9 Å². The van der Waals surface area contributed by atoms with Crippen LogP contribution in [0.1, 0.15) is 25.5 Å². The molecular weight excluding hydrogens is 551 g/mol. The van der Waals surface area contributed by atoms with Crippen molar-refractivity contribution in [1.82, 2.24) is 25.1 Å². The third kappa shape index (κ3) is 5.23. The van der Waals surface area contributed by atoms with Crippen LogP contribution >= 0.6 is 23.2 Å². The van der Waals surface area contributed by atoms with Gasteiger partial charge >= 0.3 is 0 Å². The number of sulfone groups is 1. The molecule has 10 nitrogen and oxygen atoms in total. The minimum atomic E-state index is -3.06. The van der Waals surface area contributed by atoms with Gasteiger partial charge in [-0.25, -0.2) is 18.4 Å². The Labute approximate surface area is 230 Å². The normalized spacial score (nSPS) is 15.8. The predicted octanol–water partition coefficient (Wildman–Crippen LogP) is 4.74. The highest BCUT2D eigenvalue weighted by Gasteiger charge is 2.42. The number of ether oxygens (including phenoxy) is 2. The van der Waals surface area contributed by atoms with E-state index in [-0.39, 0.29) is 11.2 Å². The summed E-state index contributed by atoms with van der Waals surface area (Å²) in [6.07, 6.45) is 7.23. The Morgan fingerprint density at radius 1 is 1.11 bits per heavy atom. The number of fused-ring (bicyclic) bond motifs is 1. The van der Waals surface area contributed by atoms with Crippen LogP contribution in [0.25, 0.3) is 22.2 Å². The van der Waals surface area contributed by atoms with Crippen LogP contribution in [-0.4, -0.2) is 65.8 Å². The first-order valence-corrected chi connectivity index (χ1v) is 14.5. The molecule has 4 aromatic rings. The van der Waals surface area contributed by atoms with Crippen molar-refractivity contribution >= 4 is 49.9 Å². The summed E-state index contributed by atoms with van der Waals surface area (Å²) >= 11 is 12.6. The van der Waals surface area contributed by atoms with E-state index in [0.29, 0.717) is 57.4 Å². The maximum absolute atomic E-state index is 11.7. The Balaban J connectivity index is 1.40. The summed E-state index contributed by atoms with van der Waals surface area (Å²) < 4.78 is 35.2. The van der Waals surface area contributed by atoms with Crippen molar-refractivity contribution in [2.45, 2.75) is 20.0 Å². The number of halogens is 2. The smallest absolute Gasteiger partial charge is 0.225 e. The zero-order valence-electron chi connectivity index (χ0n) is 21.2. The van der Waals surface area contributed by atoms with Crippen molar-refractivity contribution in [3.05, 3.63) is 52.5 Å². The molecule has 0 saturated carbocycles. The number of nitrogens with one attached hydrogen (secondary N) is 1. The number of pyridine rings is 1. The van der Waals surface area contributed by atoms with E-state index in [1.165, 1.54) is 18.6 Å². The number of methoxy groups -OCH3 is 1. The van der Waals surface area contributed by atoms with E-state index >= 15 is 0 Å². The average molecular weight is 577 g/mol. The summed E-state index contributed by atoms with van der Waals surface area (Å²) in [4.78, 5) is 15.0. The number of rotatable bonds is 8. The highest BCUT2D eigenvalue weighted by molar-refractivity contribution is 7.90. The van der Waals surface area contributed by atoms with Gasteiger partial charge in [0.1, 0.15) is 21.6 Å². The highest BCUT2D eigenvalue weighted by atomic mass is 35.5. The summed E-state index contributed by atoms with van der Waals surface area (Å²) in [6, 6.07) is 3.65. The Morgan fingerprint density at radius 2 is 1.76 bits per heavy atom. The van der Waals surface area contributed by atoms with Crippen molar-refractivity contribution in [3.8, 4) is 22.8 Å². The van der Waals surface area contributed by atoms with Gasteiger partial charge in [0.05, 0.1) is 28.4 Å². The Kier molecular flexibility index (Phi) is 6.87. The number of hydrogen-bond acceptors (Lipinski definition) is 9. The van der Waals surface area contributed by atoms with Crippen LogP contribution < -0.4 is 14.4 Å². The minimum absolute atomic E-state index is 0.139. The molecule has 1 aliphatic rings. The number of H-pyrrole nitrogens is 1. The van der Waals surface area contributed by atoms with E-state index in [4.69, 9.17) is 32.7 Å². The van der Waals surface area contributed by atoms with Crippen LogP contribution in [-0.2, 0) is 9.84 Å². The lowest BCUT2D eigenvalue weighted by Crippen LogP contribution is -2.58. The van der Waals surface area contributed by atoms with Gasteiger partial charge in [-0.2, -0.15) is 5.10 Å². The van der Waals surface area contributed by atoms with E-state index in [9.17, 15) is 8.42 Å². The molecule has 0 spiro atoms. The lowest BCUT2D eigenvalue weighted by Gasteiger charge is -2.47. The zero-order valence-corrected chi connectivity index (χ0v) is 23.5. The average Bonchev–Trinajstić information content (AvgIpc) is 3.23. The van der Waals surface area contributed by atoms with E-state index in [1.807, 2.05) is 30.9 Å². The molecule has 38 heavy (non-hydrogen) atoms. The molecule has 1 saturated heterocycles. The third-order valence-corrected chi connectivity index (χ3v) is 8.22. The summed E-state index contributed by atoms with van der Waals surface area (Å²) in [7, 11) is -1.50.